The highest BCUT2D eigenvalue weighted by molar-refractivity contribution is 7.91. The van der Waals surface area contributed by atoms with Crippen LogP contribution in [0.5, 0.6) is 5.75 Å². The number of anilines is 1. The van der Waals surface area contributed by atoms with E-state index in [2.05, 4.69) is 5.32 Å². The van der Waals surface area contributed by atoms with E-state index in [4.69, 9.17) is 9.84 Å². The second kappa shape index (κ2) is 8.48. The summed E-state index contributed by atoms with van der Waals surface area (Å²) in [6.07, 6.45) is 0. The predicted molar refractivity (Wildman–Crippen MR) is 97.1 cm³/mol. The van der Waals surface area contributed by atoms with Crippen LogP contribution in [0, 0.1) is 0 Å². The lowest BCUT2D eigenvalue weighted by Crippen LogP contribution is -2.24. The number of rotatable bonds is 8. The first kappa shape index (κ1) is 19.5. The molecule has 0 saturated carbocycles. The number of amides is 1. The van der Waals surface area contributed by atoms with E-state index >= 15 is 0 Å². The molecule has 2 rings (SSSR count). The Kier molecular flexibility index (Phi) is 6.35. The maximum absolute atomic E-state index is 12.2. The summed E-state index contributed by atoms with van der Waals surface area (Å²) in [7, 11) is -3.71. The minimum Gasteiger partial charge on any atom is -0.492 e. The maximum Gasteiger partial charge on any atom is 0.335 e. The van der Waals surface area contributed by atoms with Crippen molar-refractivity contribution in [2.45, 2.75) is 12.7 Å². The van der Waals surface area contributed by atoms with Crippen LogP contribution in [0.3, 0.4) is 0 Å². The van der Waals surface area contributed by atoms with Crippen molar-refractivity contribution in [2.75, 3.05) is 17.7 Å². The third kappa shape index (κ3) is 5.59. The highest BCUT2D eigenvalue weighted by Gasteiger charge is 2.19. The Morgan fingerprint density at radius 2 is 1.73 bits per heavy atom. The number of carbonyl (C=O) groups excluding carboxylic acids is 1. The van der Waals surface area contributed by atoms with Crippen LogP contribution in [0.1, 0.15) is 22.8 Å². The summed E-state index contributed by atoms with van der Waals surface area (Å²) in [5.41, 5.74) is 0.884. The van der Waals surface area contributed by atoms with Gasteiger partial charge < -0.3 is 15.2 Å². The first-order valence-corrected chi connectivity index (χ1v) is 9.67. The van der Waals surface area contributed by atoms with Crippen LogP contribution >= 0.6 is 0 Å². The van der Waals surface area contributed by atoms with Crippen LogP contribution in [0.4, 0.5) is 5.69 Å². The van der Waals surface area contributed by atoms with Gasteiger partial charge in [0.15, 0.2) is 9.84 Å². The molecule has 0 aliphatic heterocycles. The number of nitrogens with one attached hydrogen (secondary N) is 1. The molecule has 0 radical (unpaired) electrons. The molecule has 7 nitrogen and oxygen atoms in total. The molecule has 0 unspecified atom stereocenters. The van der Waals surface area contributed by atoms with E-state index in [-0.39, 0.29) is 11.3 Å². The van der Waals surface area contributed by atoms with Crippen molar-refractivity contribution in [1.29, 1.82) is 0 Å². The quantitative estimate of drug-likeness (QED) is 0.731. The van der Waals surface area contributed by atoms with Crippen LogP contribution in [-0.2, 0) is 20.4 Å². The fourth-order valence-corrected chi connectivity index (χ4v) is 3.56. The van der Waals surface area contributed by atoms with Gasteiger partial charge in [-0.05, 0) is 36.8 Å². The van der Waals surface area contributed by atoms with Crippen molar-refractivity contribution in [3.8, 4) is 5.75 Å². The predicted octanol–water partition coefficient (Wildman–Crippen LogP) is 2.34. The number of carboxylic acid groups (broad SMARTS) is 1. The summed E-state index contributed by atoms with van der Waals surface area (Å²) in [6.45, 7) is 2.22. The number of hydrogen-bond donors (Lipinski definition) is 2. The Bertz CT molecular complexity index is 890. The minimum absolute atomic E-state index is 0.0661. The molecule has 1 amide bonds. The van der Waals surface area contributed by atoms with Gasteiger partial charge in [0.1, 0.15) is 11.5 Å². The first-order chi connectivity index (χ1) is 12.3. The van der Waals surface area contributed by atoms with Gasteiger partial charge in [-0.2, -0.15) is 0 Å². The average molecular weight is 377 g/mol. The normalized spacial score (nSPS) is 11.0. The molecule has 2 aromatic carbocycles. The van der Waals surface area contributed by atoms with Gasteiger partial charge in [0.05, 0.1) is 23.6 Å². The number of aromatic carboxylic acids is 1. The zero-order valence-corrected chi connectivity index (χ0v) is 15.0. The Labute approximate surface area is 151 Å². The first-order valence-electron chi connectivity index (χ1n) is 7.85. The highest BCUT2D eigenvalue weighted by Crippen LogP contribution is 2.23. The Hall–Kier alpha value is -2.87. The molecule has 2 N–H and O–H groups in total. The third-order valence-corrected chi connectivity index (χ3v) is 4.87. The molecule has 0 saturated heterocycles. The van der Waals surface area contributed by atoms with Crippen molar-refractivity contribution < 1.29 is 27.9 Å². The van der Waals surface area contributed by atoms with Crippen molar-refractivity contribution in [2.24, 2.45) is 0 Å². The second-order valence-corrected chi connectivity index (χ2v) is 7.58. The largest absolute Gasteiger partial charge is 0.492 e. The molecule has 0 spiro atoms. The number of benzene rings is 2. The molecule has 138 valence electrons. The van der Waals surface area contributed by atoms with Crippen LogP contribution in [0.25, 0.3) is 0 Å². The summed E-state index contributed by atoms with van der Waals surface area (Å²) in [5.74, 6) is -2.34. The smallest absolute Gasteiger partial charge is 0.335 e. The van der Waals surface area contributed by atoms with E-state index in [0.29, 0.717) is 23.6 Å². The zero-order valence-electron chi connectivity index (χ0n) is 14.1. The molecule has 2 aromatic rings. The lowest BCUT2D eigenvalue weighted by Gasteiger charge is -2.11. The van der Waals surface area contributed by atoms with Crippen LogP contribution in [0.2, 0.25) is 0 Å². The maximum atomic E-state index is 12.2. The molecule has 0 atom stereocenters. The molecule has 0 aromatic heterocycles. The van der Waals surface area contributed by atoms with E-state index in [1.54, 1.807) is 31.2 Å². The Morgan fingerprint density at radius 1 is 1.08 bits per heavy atom. The minimum atomic E-state index is -3.71. The van der Waals surface area contributed by atoms with Gasteiger partial charge in [0.2, 0.25) is 5.91 Å². The zero-order chi connectivity index (χ0) is 19.2. The SMILES string of the molecule is CCOc1ccccc1NC(=O)CS(=O)(=O)Cc1ccc(C(=O)O)cc1. The van der Waals surface area contributed by atoms with Crippen LogP contribution in [0.15, 0.2) is 48.5 Å². The van der Waals surface area contributed by atoms with Gasteiger partial charge >= 0.3 is 5.97 Å². The molecule has 0 heterocycles. The molecule has 0 fully saturated rings. The fraction of sp³-hybridized carbons (Fsp3) is 0.222. The van der Waals surface area contributed by atoms with E-state index in [1.165, 1.54) is 24.3 Å². The van der Waals surface area contributed by atoms with Gasteiger partial charge in [-0.1, -0.05) is 24.3 Å². The highest BCUT2D eigenvalue weighted by atomic mass is 32.2. The monoisotopic (exact) mass is 377 g/mol. The number of hydrogen-bond acceptors (Lipinski definition) is 5. The Balaban J connectivity index is 2.02. The van der Waals surface area contributed by atoms with E-state index < -0.39 is 27.5 Å². The van der Waals surface area contributed by atoms with Crippen molar-refractivity contribution in [3.05, 3.63) is 59.7 Å². The molecular weight excluding hydrogens is 358 g/mol. The van der Waals surface area contributed by atoms with Gasteiger partial charge in [-0.3, -0.25) is 4.79 Å². The van der Waals surface area contributed by atoms with Gasteiger partial charge in [-0.15, -0.1) is 0 Å². The van der Waals surface area contributed by atoms with E-state index in [1.807, 2.05) is 0 Å². The molecule has 26 heavy (non-hydrogen) atoms. The van der Waals surface area contributed by atoms with E-state index in [9.17, 15) is 18.0 Å². The summed E-state index contributed by atoms with van der Waals surface area (Å²) in [4.78, 5) is 22.9. The van der Waals surface area contributed by atoms with Crippen LogP contribution in [-0.4, -0.2) is 37.8 Å². The Morgan fingerprint density at radius 3 is 2.35 bits per heavy atom. The standard InChI is InChI=1S/C18H19NO6S/c1-2-25-16-6-4-3-5-15(16)19-17(20)12-26(23,24)11-13-7-9-14(10-8-13)18(21)22/h3-10H,2,11-12H2,1H3,(H,19,20)(H,21,22). The van der Waals surface area contributed by atoms with Gasteiger partial charge in [-0.25, -0.2) is 13.2 Å². The lowest BCUT2D eigenvalue weighted by molar-refractivity contribution is -0.113. The van der Waals surface area contributed by atoms with Gasteiger partial charge in [0, 0.05) is 0 Å². The van der Waals surface area contributed by atoms with Crippen LogP contribution < -0.4 is 10.1 Å². The number of para-hydroxylation sites is 2. The number of carboxylic acids is 1. The third-order valence-electron chi connectivity index (χ3n) is 3.40. The average Bonchev–Trinajstić information content (AvgIpc) is 2.56. The molecule has 8 heteroatoms. The van der Waals surface area contributed by atoms with Crippen molar-refractivity contribution in [3.63, 3.8) is 0 Å². The summed E-state index contributed by atoms with van der Waals surface area (Å²) in [6, 6.07) is 12.2. The molecule has 0 bridgehead atoms. The summed E-state index contributed by atoms with van der Waals surface area (Å²) in [5, 5.41) is 11.4. The molecule has 0 aliphatic rings. The molecule has 0 aliphatic carbocycles. The number of sulfone groups is 1. The number of carbonyl (C=O) groups is 2. The topological polar surface area (TPSA) is 110 Å². The van der Waals surface area contributed by atoms with E-state index in [0.717, 1.165) is 0 Å². The second-order valence-electron chi connectivity index (χ2n) is 5.51. The van der Waals surface area contributed by atoms with Crippen molar-refractivity contribution >= 4 is 27.4 Å². The number of ether oxygens (including phenoxy) is 1. The lowest BCUT2D eigenvalue weighted by atomic mass is 10.1. The van der Waals surface area contributed by atoms with Gasteiger partial charge in [0.25, 0.3) is 0 Å². The summed E-state index contributed by atoms with van der Waals surface area (Å²) >= 11 is 0. The molecular formula is C18H19NO6S. The van der Waals surface area contributed by atoms with Crippen molar-refractivity contribution in [1.82, 2.24) is 0 Å². The fourth-order valence-electron chi connectivity index (χ4n) is 2.29. The summed E-state index contributed by atoms with van der Waals surface area (Å²) < 4.78 is 29.8.